The Kier molecular flexibility index (Phi) is 5.64. The molecule has 0 aliphatic carbocycles. The molecule has 0 spiro atoms. The number of pyridine rings is 1. The van der Waals surface area contributed by atoms with Gasteiger partial charge < -0.3 is 9.30 Å². The standard InChI is InChI=1S/C16H23N5OS/c1-3-21-15(14-4-6-17-7-5-14)18-19-16(21)23-11-9-20-8-10-22-13(2)12-20/h4-7,13H,3,8-12H2,1-2H3/t13-/m1/s1. The summed E-state index contributed by atoms with van der Waals surface area (Å²) in [6, 6.07) is 3.94. The highest BCUT2D eigenvalue weighted by Crippen LogP contribution is 2.23. The Morgan fingerprint density at radius 3 is 2.87 bits per heavy atom. The number of thioether (sulfide) groups is 1. The average Bonchev–Trinajstić information content (AvgIpc) is 2.99. The van der Waals surface area contributed by atoms with Crippen molar-refractivity contribution in [2.75, 3.05) is 32.0 Å². The predicted molar refractivity (Wildman–Crippen MR) is 91.5 cm³/mol. The van der Waals surface area contributed by atoms with Gasteiger partial charge in [0.15, 0.2) is 11.0 Å². The van der Waals surface area contributed by atoms with Crippen LogP contribution in [0.25, 0.3) is 11.4 Å². The van der Waals surface area contributed by atoms with Crippen molar-refractivity contribution >= 4 is 11.8 Å². The summed E-state index contributed by atoms with van der Waals surface area (Å²) in [6.07, 6.45) is 3.92. The first-order valence-corrected chi connectivity index (χ1v) is 9.07. The molecule has 0 radical (unpaired) electrons. The van der Waals surface area contributed by atoms with Crippen LogP contribution >= 0.6 is 11.8 Å². The summed E-state index contributed by atoms with van der Waals surface area (Å²) < 4.78 is 7.75. The van der Waals surface area contributed by atoms with E-state index >= 15 is 0 Å². The second-order valence-corrected chi connectivity index (χ2v) is 6.68. The number of aromatic nitrogens is 4. The van der Waals surface area contributed by atoms with E-state index in [0.717, 1.165) is 55.1 Å². The zero-order chi connectivity index (χ0) is 16.1. The second kappa shape index (κ2) is 7.90. The molecule has 3 rings (SSSR count). The van der Waals surface area contributed by atoms with Crippen molar-refractivity contribution in [3.8, 4) is 11.4 Å². The summed E-state index contributed by atoms with van der Waals surface area (Å²) in [5, 5.41) is 9.73. The maximum absolute atomic E-state index is 5.58. The maximum atomic E-state index is 5.58. The minimum atomic E-state index is 0.339. The van der Waals surface area contributed by atoms with Gasteiger partial charge in [-0.25, -0.2) is 0 Å². The monoisotopic (exact) mass is 333 g/mol. The molecule has 23 heavy (non-hydrogen) atoms. The number of hydrogen-bond donors (Lipinski definition) is 0. The highest BCUT2D eigenvalue weighted by atomic mass is 32.2. The van der Waals surface area contributed by atoms with Gasteiger partial charge in [-0.15, -0.1) is 10.2 Å². The van der Waals surface area contributed by atoms with E-state index in [-0.39, 0.29) is 0 Å². The van der Waals surface area contributed by atoms with Crippen LogP contribution in [0.15, 0.2) is 29.7 Å². The van der Waals surface area contributed by atoms with Crippen molar-refractivity contribution in [1.29, 1.82) is 0 Å². The van der Waals surface area contributed by atoms with Gasteiger partial charge in [0.25, 0.3) is 0 Å². The largest absolute Gasteiger partial charge is 0.376 e. The van der Waals surface area contributed by atoms with E-state index < -0.39 is 0 Å². The van der Waals surface area contributed by atoms with Crippen molar-refractivity contribution in [3.63, 3.8) is 0 Å². The van der Waals surface area contributed by atoms with Crippen molar-refractivity contribution in [1.82, 2.24) is 24.6 Å². The lowest BCUT2D eigenvalue weighted by Crippen LogP contribution is -2.42. The first-order chi connectivity index (χ1) is 11.3. The number of hydrogen-bond acceptors (Lipinski definition) is 6. The molecule has 1 atom stereocenters. The van der Waals surface area contributed by atoms with E-state index in [0.29, 0.717) is 6.10 Å². The third kappa shape index (κ3) is 4.10. The van der Waals surface area contributed by atoms with Crippen molar-refractivity contribution < 1.29 is 4.74 Å². The van der Waals surface area contributed by atoms with E-state index in [1.165, 1.54) is 0 Å². The molecule has 0 N–H and O–H groups in total. The molecule has 7 heteroatoms. The molecule has 2 aromatic rings. The van der Waals surface area contributed by atoms with Crippen LogP contribution in [0.2, 0.25) is 0 Å². The molecular formula is C16H23N5OS. The third-order valence-corrected chi connectivity index (χ3v) is 4.88. The SMILES string of the molecule is CCn1c(SCCN2CCO[C@H](C)C2)nnc1-c1ccncc1. The highest BCUT2D eigenvalue weighted by molar-refractivity contribution is 7.99. The first kappa shape index (κ1) is 16.4. The lowest BCUT2D eigenvalue weighted by atomic mass is 10.2. The van der Waals surface area contributed by atoms with Gasteiger partial charge in [0, 0.05) is 49.9 Å². The zero-order valence-electron chi connectivity index (χ0n) is 13.7. The van der Waals surface area contributed by atoms with Crippen molar-refractivity contribution in [3.05, 3.63) is 24.5 Å². The van der Waals surface area contributed by atoms with Crippen LogP contribution in [-0.4, -0.2) is 62.7 Å². The van der Waals surface area contributed by atoms with Gasteiger partial charge in [0.2, 0.25) is 0 Å². The molecule has 1 saturated heterocycles. The Morgan fingerprint density at radius 2 is 2.13 bits per heavy atom. The third-order valence-electron chi connectivity index (χ3n) is 3.94. The smallest absolute Gasteiger partial charge is 0.191 e. The van der Waals surface area contributed by atoms with Gasteiger partial charge in [-0.3, -0.25) is 9.88 Å². The van der Waals surface area contributed by atoms with Crippen LogP contribution in [-0.2, 0) is 11.3 Å². The lowest BCUT2D eigenvalue weighted by molar-refractivity contribution is -0.0158. The molecular weight excluding hydrogens is 310 g/mol. The molecule has 3 heterocycles. The van der Waals surface area contributed by atoms with Crippen molar-refractivity contribution in [2.24, 2.45) is 0 Å². The zero-order valence-corrected chi connectivity index (χ0v) is 14.5. The van der Waals surface area contributed by atoms with Crippen LogP contribution in [0.1, 0.15) is 13.8 Å². The molecule has 0 amide bonds. The van der Waals surface area contributed by atoms with Gasteiger partial charge in [0.05, 0.1) is 12.7 Å². The molecule has 124 valence electrons. The van der Waals surface area contributed by atoms with E-state index in [1.807, 2.05) is 12.1 Å². The summed E-state index contributed by atoms with van der Waals surface area (Å²) in [5.74, 6) is 1.93. The normalized spacial score (nSPS) is 19.1. The van der Waals surface area contributed by atoms with Crippen LogP contribution in [0, 0.1) is 0 Å². The Bertz CT molecular complexity index is 618. The minimum absolute atomic E-state index is 0.339. The van der Waals surface area contributed by atoms with Crippen LogP contribution < -0.4 is 0 Å². The molecule has 0 unspecified atom stereocenters. The highest BCUT2D eigenvalue weighted by Gasteiger charge is 2.17. The van der Waals surface area contributed by atoms with E-state index in [4.69, 9.17) is 4.74 Å². The Hall–Kier alpha value is -1.44. The molecule has 0 bridgehead atoms. The summed E-state index contributed by atoms with van der Waals surface area (Å²) in [7, 11) is 0. The Balaban J connectivity index is 1.61. The number of morpholine rings is 1. The summed E-state index contributed by atoms with van der Waals surface area (Å²) in [4.78, 5) is 6.52. The van der Waals surface area contributed by atoms with Gasteiger partial charge in [0.1, 0.15) is 0 Å². The summed E-state index contributed by atoms with van der Waals surface area (Å²) in [5.41, 5.74) is 1.06. The fourth-order valence-electron chi connectivity index (χ4n) is 2.75. The number of rotatable bonds is 6. The van der Waals surface area contributed by atoms with Gasteiger partial charge in [-0.1, -0.05) is 11.8 Å². The average molecular weight is 333 g/mol. The predicted octanol–water partition coefficient (Wildman–Crippen LogP) is 2.17. The Morgan fingerprint density at radius 1 is 1.30 bits per heavy atom. The maximum Gasteiger partial charge on any atom is 0.191 e. The first-order valence-electron chi connectivity index (χ1n) is 8.08. The Labute approximate surface area is 141 Å². The van der Waals surface area contributed by atoms with E-state index in [2.05, 4.69) is 38.5 Å². The van der Waals surface area contributed by atoms with Gasteiger partial charge in [-0.05, 0) is 26.0 Å². The van der Waals surface area contributed by atoms with E-state index in [1.54, 1.807) is 24.2 Å². The molecule has 0 saturated carbocycles. The van der Waals surface area contributed by atoms with E-state index in [9.17, 15) is 0 Å². The van der Waals surface area contributed by atoms with Gasteiger partial charge in [-0.2, -0.15) is 0 Å². The summed E-state index contributed by atoms with van der Waals surface area (Å²) >= 11 is 1.77. The van der Waals surface area contributed by atoms with Crippen LogP contribution in [0.4, 0.5) is 0 Å². The molecule has 1 aliphatic rings. The molecule has 1 aliphatic heterocycles. The van der Waals surface area contributed by atoms with Crippen molar-refractivity contribution in [2.45, 2.75) is 31.7 Å². The molecule has 2 aromatic heterocycles. The number of nitrogens with zero attached hydrogens (tertiary/aromatic N) is 5. The van der Waals surface area contributed by atoms with Gasteiger partial charge >= 0.3 is 0 Å². The quantitative estimate of drug-likeness (QED) is 0.755. The summed E-state index contributed by atoms with van der Waals surface area (Å²) in [6.45, 7) is 9.05. The van der Waals surface area contributed by atoms with Crippen LogP contribution in [0.5, 0.6) is 0 Å². The molecule has 0 aromatic carbocycles. The number of ether oxygens (including phenoxy) is 1. The topological polar surface area (TPSA) is 56.1 Å². The van der Waals surface area contributed by atoms with Crippen LogP contribution in [0.3, 0.4) is 0 Å². The second-order valence-electron chi connectivity index (χ2n) is 5.62. The molecule has 1 fully saturated rings. The fourth-order valence-corrected chi connectivity index (χ4v) is 3.76. The minimum Gasteiger partial charge on any atom is -0.376 e. The molecule has 6 nitrogen and oxygen atoms in total. The fraction of sp³-hybridized carbons (Fsp3) is 0.562. The lowest BCUT2D eigenvalue weighted by Gasteiger charge is -2.30.